The number of nitrogens with one attached hydrogen (secondary N) is 1. The van der Waals surface area contributed by atoms with E-state index in [1.54, 1.807) is 12.1 Å². The van der Waals surface area contributed by atoms with Crippen LogP contribution in [0.3, 0.4) is 0 Å². The highest BCUT2D eigenvalue weighted by molar-refractivity contribution is 7.92. The molecule has 1 amide bonds. The van der Waals surface area contributed by atoms with E-state index in [4.69, 9.17) is 16.0 Å². The lowest BCUT2D eigenvalue weighted by Crippen LogP contribution is -2.25. The Labute approximate surface area is 219 Å². The largest absolute Gasteiger partial charge is 0.455 e. The van der Waals surface area contributed by atoms with Gasteiger partial charge in [-0.2, -0.15) is 0 Å². The van der Waals surface area contributed by atoms with Crippen molar-refractivity contribution < 1.29 is 22.0 Å². The van der Waals surface area contributed by atoms with Gasteiger partial charge in [0.15, 0.2) is 0 Å². The lowest BCUT2D eigenvalue weighted by Gasteiger charge is -2.21. The second-order valence-corrected chi connectivity index (χ2v) is 12.0. The fourth-order valence-corrected chi connectivity index (χ4v) is 5.31. The van der Waals surface area contributed by atoms with Crippen molar-refractivity contribution in [1.29, 1.82) is 0 Å². The van der Waals surface area contributed by atoms with Crippen molar-refractivity contribution in [2.24, 2.45) is 0 Å². The van der Waals surface area contributed by atoms with Gasteiger partial charge >= 0.3 is 0 Å². The Morgan fingerprint density at radius 2 is 1.84 bits per heavy atom. The van der Waals surface area contributed by atoms with Crippen LogP contribution in [0.25, 0.3) is 33.6 Å². The average Bonchev–Trinajstić information content (AvgIpc) is 3.49. The Bertz CT molecular complexity index is 1660. The third-order valence-corrected chi connectivity index (χ3v) is 8.46. The molecule has 2 aromatic heterocycles. The Hall–Kier alpha value is -3.43. The number of pyridine rings is 1. The molecule has 0 radical (unpaired) electrons. The molecule has 2 aromatic carbocycles. The van der Waals surface area contributed by atoms with Crippen LogP contribution in [-0.4, -0.2) is 39.7 Å². The SMILES string of the molecule is CNC(=O)c1c(-c2ccc(F)cc2)oc2cc(N(C)S(C)(=O)=O)c(-c3ccc(C4(C)CC4)c(Cl)n3)cc12. The van der Waals surface area contributed by atoms with Crippen LogP contribution in [0.4, 0.5) is 10.1 Å². The van der Waals surface area contributed by atoms with Crippen molar-refractivity contribution in [3.05, 3.63) is 70.6 Å². The van der Waals surface area contributed by atoms with Crippen LogP contribution >= 0.6 is 11.6 Å². The third-order valence-electron chi connectivity index (χ3n) is 6.98. The van der Waals surface area contributed by atoms with Crippen LogP contribution < -0.4 is 9.62 Å². The summed E-state index contributed by atoms with van der Waals surface area (Å²) >= 11 is 6.59. The van der Waals surface area contributed by atoms with Gasteiger partial charge in [-0.1, -0.05) is 24.6 Å². The molecule has 5 rings (SSSR count). The van der Waals surface area contributed by atoms with Gasteiger partial charge in [0.05, 0.1) is 23.2 Å². The molecule has 0 bridgehead atoms. The molecule has 1 fully saturated rings. The number of nitrogens with zero attached hydrogens (tertiary/aromatic N) is 2. The minimum absolute atomic E-state index is 0.0000507. The van der Waals surface area contributed by atoms with Gasteiger partial charge in [0.25, 0.3) is 5.91 Å². The molecule has 0 saturated heterocycles. The molecule has 4 aromatic rings. The predicted molar refractivity (Wildman–Crippen MR) is 143 cm³/mol. The van der Waals surface area contributed by atoms with Crippen molar-refractivity contribution in [3.8, 4) is 22.6 Å². The van der Waals surface area contributed by atoms with E-state index in [9.17, 15) is 17.6 Å². The summed E-state index contributed by atoms with van der Waals surface area (Å²) in [6.45, 7) is 2.13. The second kappa shape index (κ2) is 8.85. The minimum atomic E-state index is -3.66. The molecule has 0 aliphatic heterocycles. The third kappa shape index (κ3) is 4.46. The van der Waals surface area contributed by atoms with Crippen LogP contribution in [0.1, 0.15) is 35.7 Å². The Morgan fingerprint density at radius 3 is 2.41 bits per heavy atom. The van der Waals surface area contributed by atoms with Crippen LogP contribution in [-0.2, 0) is 15.4 Å². The van der Waals surface area contributed by atoms with E-state index in [1.807, 2.05) is 12.1 Å². The number of carbonyl (C=O) groups is 1. The van der Waals surface area contributed by atoms with Gasteiger partial charge in [0.2, 0.25) is 10.0 Å². The molecular formula is C27H25ClFN3O4S. The highest BCUT2D eigenvalue weighted by Gasteiger charge is 2.41. The smallest absolute Gasteiger partial charge is 0.255 e. The zero-order chi connectivity index (χ0) is 26.7. The van der Waals surface area contributed by atoms with Gasteiger partial charge in [-0.15, -0.1) is 0 Å². The zero-order valence-electron chi connectivity index (χ0n) is 20.7. The normalized spacial score (nSPS) is 14.5. The molecule has 1 aliphatic rings. The van der Waals surface area contributed by atoms with Gasteiger partial charge in [-0.25, -0.2) is 17.8 Å². The van der Waals surface area contributed by atoms with Crippen LogP contribution in [0, 0.1) is 5.82 Å². The Kier molecular flexibility index (Phi) is 6.03. The predicted octanol–water partition coefficient (Wildman–Crippen LogP) is 5.76. The number of carbonyl (C=O) groups excluding carboxylic acids is 1. The quantitative estimate of drug-likeness (QED) is 0.313. The average molecular weight is 542 g/mol. The number of fused-ring (bicyclic) bond motifs is 1. The molecule has 7 nitrogen and oxygen atoms in total. The molecule has 0 atom stereocenters. The summed E-state index contributed by atoms with van der Waals surface area (Å²) in [5.41, 5.74) is 3.22. The molecule has 37 heavy (non-hydrogen) atoms. The lowest BCUT2D eigenvalue weighted by molar-refractivity contribution is 0.0964. The zero-order valence-corrected chi connectivity index (χ0v) is 22.3. The van der Waals surface area contributed by atoms with Crippen molar-refractivity contribution >= 4 is 44.2 Å². The topological polar surface area (TPSA) is 92.5 Å². The first-order valence-corrected chi connectivity index (χ1v) is 13.9. The summed E-state index contributed by atoms with van der Waals surface area (Å²) in [5, 5.41) is 3.44. The molecule has 1 aliphatic carbocycles. The minimum Gasteiger partial charge on any atom is -0.455 e. The molecule has 1 saturated carbocycles. The standard InChI is InChI=1S/C27H25ClFN3O4S/c1-27(11-12-27)19-9-10-20(31-25(19)28)17-13-18-22(14-21(17)32(3)37(4,34)35)36-24(23(18)26(33)30-2)15-5-7-16(29)8-6-15/h5-10,13-14H,11-12H2,1-4H3,(H,30,33). The summed E-state index contributed by atoms with van der Waals surface area (Å²) in [6.07, 6.45) is 3.15. The van der Waals surface area contributed by atoms with Crippen LogP contribution in [0.5, 0.6) is 0 Å². The molecule has 0 spiro atoms. The summed E-state index contributed by atoms with van der Waals surface area (Å²) < 4.78 is 45.9. The first-order chi connectivity index (χ1) is 17.4. The number of benzene rings is 2. The van der Waals surface area contributed by atoms with E-state index < -0.39 is 21.7 Å². The van der Waals surface area contributed by atoms with Crippen molar-refractivity contribution in [2.45, 2.75) is 25.2 Å². The molecule has 0 unspecified atom stereocenters. The molecule has 2 heterocycles. The number of sulfonamides is 1. The maximum absolute atomic E-state index is 13.6. The van der Waals surface area contributed by atoms with E-state index in [2.05, 4.69) is 17.2 Å². The Balaban J connectivity index is 1.80. The molecular weight excluding hydrogens is 517 g/mol. The maximum atomic E-state index is 13.6. The summed E-state index contributed by atoms with van der Waals surface area (Å²) in [7, 11) is -0.722. The monoisotopic (exact) mass is 541 g/mol. The van der Waals surface area contributed by atoms with Crippen LogP contribution in [0.15, 0.2) is 52.9 Å². The first-order valence-electron chi connectivity index (χ1n) is 11.6. The van der Waals surface area contributed by atoms with E-state index in [-0.39, 0.29) is 16.7 Å². The summed E-state index contributed by atoms with van der Waals surface area (Å²) in [5.74, 6) is -0.592. The van der Waals surface area contributed by atoms with E-state index in [0.29, 0.717) is 38.6 Å². The molecule has 1 N–H and O–H groups in total. The highest BCUT2D eigenvalue weighted by Crippen LogP contribution is 2.50. The van der Waals surface area contributed by atoms with Gasteiger partial charge in [-0.3, -0.25) is 9.10 Å². The van der Waals surface area contributed by atoms with Gasteiger partial charge in [0, 0.05) is 36.7 Å². The maximum Gasteiger partial charge on any atom is 0.255 e. The number of anilines is 1. The van der Waals surface area contributed by atoms with E-state index in [1.165, 1.54) is 38.4 Å². The number of hydrogen-bond acceptors (Lipinski definition) is 5. The van der Waals surface area contributed by atoms with E-state index in [0.717, 1.165) is 29.0 Å². The number of halogens is 2. The van der Waals surface area contributed by atoms with Crippen molar-refractivity contribution in [1.82, 2.24) is 10.3 Å². The van der Waals surface area contributed by atoms with Gasteiger partial charge in [-0.05, 0) is 60.2 Å². The highest BCUT2D eigenvalue weighted by atomic mass is 35.5. The van der Waals surface area contributed by atoms with Crippen molar-refractivity contribution in [2.75, 3.05) is 24.7 Å². The van der Waals surface area contributed by atoms with Crippen molar-refractivity contribution in [3.63, 3.8) is 0 Å². The van der Waals surface area contributed by atoms with Crippen LogP contribution in [0.2, 0.25) is 5.15 Å². The van der Waals surface area contributed by atoms with Gasteiger partial charge in [0.1, 0.15) is 22.3 Å². The first kappa shape index (κ1) is 25.2. The number of rotatable bonds is 6. The summed E-state index contributed by atoms with van der Waals surface area (Å²) in [4.78, 5) is 17.6. The number of furan rings is 1. The fourth-order valence-electron chi connectivity index (χ4n) is 4.42. The van der Waals surface area contributed by atoms with E-state index >= 15 is 0 Å². The number of aromatic nitrogens is 1. The fraction of sp³-hybridized carbons (Fsp3) is 0.259. The van der Waals surface area contributed by atoms with Gasteiger partial charge < -0.3 is 9.73 Å². The molecule has 10 heteroatoms. The lowest BCUT2D eigenvalue weighted by atomic mass is 9.98. The number of hydrogen-bond donors (Lipinski definition) is 1. The number of amides is 1. The molecule has 192 valence electrons. The second-order valence-electron chi connectivity index (χ2n) is 9.58. The summed E-state index contributed by atoms with van der Waals surface area (Å²) in [6, 6.07) is 12.6. The Morgan fingerprint density at radius 1 is 1.16 bits per heavy atom.